The molecule has 6 nitrogen and oxygen atoms in total. The monoisotopic (exact) mass is 195 g/mol. The predicted molar refractivity (Wildman–Crippen MR) is 47.2 cm³/mol. The SMILES string of the molecule is COCCOc1cnc(N=C=O)cn1. The molecule has 14 heavy (non-hydrogen) atoms. The van der Waals surface area contributed by atoms with Gasteiger partial charge < -0.3 is 9.47 Å². The third kappa shape index (κ3) is 3.30. The van der Waals surface area contributed by atoms with Crippen molar-refractivity contribution >= 4 is 11.9 Å². The molecule has 1 aromatic rings. The van der Waals surface area contributed by atoms with Gasteiger partial charge in [0, 0.05) is 7.11 Å². The van der Waals surface area contributed by atoms with Crippen LogP contribution in [0.15, 0.2) is 17.4 Å². The van der Waals surface area contributed by atoms with Gasteiger partial charge in [-0.15, -0.1) is 4.99 Å². The molecule has 0 amide bonds. The molecule has 0 unspecified atom stereocenters. The Labute approximate surface area is 80.6 Å². The van der Waals surface area contributed by atoms with Crippen LogP contribution in [-0.2, 0) is 9.53 Å². The van der Waals surface area contributed by atoms with Gasteiger partial charge in [-0.2, -0.15) is 0 Å². The van der Waals surface area contributed by atoms with E-state index in [0.717, 1.165) is 0 Å². The molecule has 0 aliphatic heterocycles. The first kappa shape index (κ1) is 10.3. The number of methoxy groups -OCH3 is 1. The topological polar surface area (TPSA) is 73.7 Å². The van der Waals surface area contributed by atoms with Crippen LogP contribution in [-0.4, -0.2) is 36.4 Å². The second-order valence-corrected chi connectivity index (χ2v) is 2.26. The third-order valence-corrected chi connectivity index (χ3v) is 1.31. The van der Waals surface area contributed by atoms with Gasteiger partial charge in [-0.25, -0.2) is 14.8 Å². The van der Waals surface area contributed by atoms with Crippen LogP contribution in [0, 0.1) is 0 Å². The number of carbonyl (C=O) groups excluding carboxylic acids is 1. The van der Waals surface area contributed by atoms with E-state index in [1.165, 1.54) is 18.5 Å². The van der Waals surface area contributed by atoms with Gasteiger partial charge in [-0.1, -0.05) is 0 Å². The lowest BCUT2D eigenvalue weighted by Crippen LogP contribution is -2.05. The second kappa shape index (κ2) is 5.80. The van der Waals surface area contributed by atoms with Crippen molar-refractivity contribution in [2.75, 3.05) is 20.3 Å². The number of hydrogen-bond donors (Lipinski definition) is 0. The Morgan fingerprint density at radius 2 is 2.29 bits per heavy atom. The average molecular weight is 195 g/mol. The Balaban J connectivity index is 2.50. The first-order valence-corrected chi connectivity index (χ1v) is 3.88. The summed E-state index contributed by atoms with van der Waals surface area (Å²) in [6.07, 6.45) is 4.07. The summed E-state index contributed by atoms with van der Waals surface area (Å²) in [6, 6.07) is 0. The predicted octanol–water partition coefficient (Wildman–Crippen LogP) is 0.469. The van der Waals surface area contributed by atoms with Crippen LogP contribution in [0.2, 0.25) is 0 Å². The van der Waals surface area contributed by atoms with Gasteiger partial charge in [0.25, 0.3) is 0 Å². The summed E-state index contributed by atoms with van der Waals surface area (Å²) >= 11 is 0. The smallest absolute Gasteiger partial charge is 0.242 e. The fourth-order valence-electron chi connectivity index (χ4n) is 0.718. The molecule has 6 heteroatoms. The van der Waals surface area contributed by atoms with Crippen LogP contribution in [0.25, 0.3) is 0 Å². The lowest BCUT2D eigenvalue weighted by atomic mass is 10.6. The van der Waals surface area contributed by atoms with E-state index in [1.54, 1.807) is 7.11 Å². The Morgan fingerprint density at radius 3 is 2.86 bits per heavy atom. The molecule has 0 aromatic carbocycles. The lowest BCUT2D eigenvalue weighted by Gasteiger charge is -2.02. The molecule has 0 fully saturated rings. The number of aliphatic imine (C=N–C) groups is 1. The first-order chi connectivity index (χ1) is 6.86. The van der Waals surface area contributed by atoms with Crippen molar-refractivity contribution in [1.29, 1.82) is 0 Å². The third-order valence-electron chi connectivity index (χ3n) is 1.31. The number of isocyanates is 1. The standard InChI is InChI=1S/C8H9N3O3/c1-13-2-3-14-8-5-9-7(4-10-8)11-6-12/h4-5H,2-3H2,1H3. The molecule has 0 aliphatic rings. The molecule has 0 radical (unpaired) electrons. The van der Waals surface area contributed by atoms with Crippen LogP contribution < -0.4 is 4.74 Å². The molecule has 1 aromatic heterocycles. The quantitative estimate of drug-likeness (QED) is 0.388. The Hall–Kier alpha value is -1.78. The molecule has 0 aliphatic carbocycles. The van der Waals surface area contributed by atoms with Crippen molar-refractivity contribution in [3.05, 3.63) is 12.4 Å². The van der Waals surface area contributed by atoms with E-state index in [0.29, 0.717) is 19.1 Å². The highest BCUT2D eigenvalue weighted by atomic mass is 16.5. The van der Waals surface area contributed by atoms with E-state index in [1.807, 2.05) is 0 Å². The maximum absolute atomic E-state index is 9.86. The zero-order chi connectivity index (χ0) is 10.2. The molecule has 0 N–H and O–H groups in total. The van der Waals surface area contributed by atoms with E-state index in [9.17, 15) is 4.79 Å². The molecular formula is C8H9N3O3. The van der Waals surface area contributed by atoms with E-state index >= 15 is 0 Å². The molecular weight excluding hydrogens is 186 g/mol. The first-order valence-electron chi connectivity index (χ1n) is 3.88. The lowest BCUT2D eigenvalue weighted by molar-refractivity contribution is 0.143. The number of nitrogens with zero attached hydrogens (tertiary/aromatic N) is 3. The number of ether oxygens (including phenoxy) is 2. The van der Waals surface area contributed by atoms with E-state index < -0.39 is 0 Å². The Morgan fingerprint density at radius 1 is 1.43 bits per heavy atom. The summed E-state index contributed by atoms with van der Waals surface area (Å²) in [6.45, 7) is 0.886. The van der Waals surface area contributed by atoms with Gasteiger partial charge in [0.05, 0.1) is 19.0 Å². The minimum Gasteiger partial charge on any atom is -0.474 e. The van der Waals surface area contributed by atoms with Gasteiger partial charge >= 0.3 is 0 Å². The minimum absolute atomic E-state index is 0.207. The van der Waals surface area contributed by atoms with Gasteiger partial charge in [-0.3, -0.25) is 0 Å². The minimum atomic E-state index is 0.207. The van der Waals surface area contributed by atoms with Crippen molar-refractivity contribution in [3.8, 4) is 5.88 Å². The van der Waals surface area contributed by atoms with E-state index in [2.05, 4.69) is 15.0 Å². The average Bonchev–Trinajstić information content (AvgIpc) is 2.21. The van der Waals surface area contributed by atoms with Gasteiger partial charge in [0.1, 0.15) is 6.61 Å². The molecule has 0 saturated carbocycles. The summed E-state index contributed by atoms with van der Waals surface area (Å²) in [7, 11) is 1.58. The summed E-state index contributed by atoms with van der Waals surface area (Å²) in [5.74, 6) is 0.575. The van der Waals surface area contributed by atoms with Crippen molar-refractivity contribution in [2.45, 2.75) is 0 Å². The maximum Gasteiger partial charge on any atom is 0.242 e. The maximum atomic E-state index is 9.86. The molecule has 74 valence electrons. The zero-order valence-electron chi connectivity index (χ0n) is 7.64. The van der Waals surface area contributed by atoms with Gasteiger partial charge in [0.15, 0.2) is 5.82 Å². The molecule has 1 rings (SSSR count). The number of aromatic nitrogens is 2. The molecule has 0 saturated heterocycles. The van der Waals surface area contributed by atoms with Crippen LogP contribution >= 0.6 is 0 Å². The van der Waals surface area contributed by atoms with Crippen LogP contribution in [0.1, 0.15) is 0 Å². The highest BCUT2D eigenvalue weighted by Gasteiger charge is 1.96. The van der Waals surface area contributed by atoms with Gasteiger partial charge in [0.2, 0.25) is 12.0 Å². The summed E-state index contributed by atoms with van der Waals surface area (Å²) in [5, 5.41) is 0. The van der Waals surface area contributed by atoms with E-state index in [4.69, 9.17) is 9.47 Å². The molecule has 0 spiro atoms. The van der Waals surface area contributed by atoms with E-state index in [-0.39, 0.29) is 5.82 Å². The normalized spacial score (nSPS) is 9.21. The summed E-state index contributed by atoms with van der Waals surface area (Å²) in [4.78, 5) is 20.8. The van der Waals surface area contributed by atoms with Gasteiger partial charge in [-0.05, 0) is 0 Å². The molecule has 0 atom stereocenters. The second-order valence-electron chi connectivity index (χ2n) is 2.26. The highest BCUT2D eigenvalue weighted by molar-refractivity contribution is 5.43. The van der Waals surface area contributed by atoms with Crippen molar-refractivity contribution in [2.24, 2.45) is 4.99 Å². The Kier molecular flexibility index (Phi) is 4.26. The number of rotatable bonds is 5. The molecule has 1 heterocycles. The van der Waals surface area contributed by atoms with Crippen molar-refractivity contribution in [3.63, 3.8) is 0 Å². The number of hydrogen-bond acceptors (Lipinski definition) is 6. The summed E-state index contributed by atoms with van der Waals surface area (Å²) < 4.78 is 9.92. The molecule has 0 bridgehead atoms. The van der Waals surface area contributed by atoms with Crippen LogP contribution in [0.4, 0.5) is 5.82 Å². The van der Waals surface area contributed by atoms with Crippen molar-refractivity contribution < 1.29 is 14.3 Å². The fraction of sp³-hybridized carbons (Fsp3) is 0.375. The van der Waals surface area contributed by atoms with Crippen LogP contribution in [0.5, 0.6) is 5.88 Å². The largest absolute Gasteiger partial charge is 0.474 e. The summed E-state index contributed by atoms with van der Waals surface area (Å²) in [5.41, 5.74) is 0. The fourth-order valence-corrected chi connectivity index (χ4v) is 0.718. The Bertz CT molecular complexity index is 319. The highest BCUT2D eigenvalue weighted by Crippen LogP contribution is 2.08. The zero-order valence-corrected chi connectivity index (χ0v) is 7.64. The van der Waals surface area contributed by atoms with Crippen molar-refractivity contribution in [1.82, 2.24) is 9.97 Å². The van der Waals surface area contributed by atoms with Crippen LogP contribution in [0.3, 0.4) is 0 Å².